The number of piperidine rings is 1. The fourth-order valence-corrected chi connectivity index (χ4v) is 6.28. The smallest absolute Gasteiger partial charge is 0.473 e. The number of para-hydroxylation sites is 1. The van der Waals surface area contributed by atoms with Gasteiger partial charge in [0.1, 0.15) is 18.1 Å². The molecular weight excluding hydrogens is 655 g/mol. The fraction of sp³-hybridized carbons (Fsp3) is 0.406. The molecule has 1 atom stereocenters. The molecule has 1 aromatic carbocycles. The third kappa shape index (κ3) is 6.47. The summed E-state index contributed by atoms with van der Waals surface area (Å²) >= 11 is 0. The molecule has 12 nitrogen and oxygen atoms in total. The highest BCUT2D eigenvalue weighted by Crippen LogP contribution is 2.43. The average Bonchev–Trinajstić information content (AvgIpc) is 3.77. The summed E-state index contributed by atoms with van der Waals surface area (Å²) in [6, 6.07) is 11.8. The number of ether oxygens (including phenoxy) is 4. The lowest BCUT2D eigenvalue weighted by molar-refractivity contribution is -0.287. The van der Waals surface area contributed by atoms with Crippen molar-refractivity contribution in [1.82, 2.24) is 39.6 Å². The van der Waals surface area contributed by atoms with Crippen LogP contribution in [-0.4, -0.2) is 71.7 Å². The van der Waals surface area contributed by atoms with Crippen molar-refractivity contribution in [3.63, 3.8) is 0 Å². The number of nitrogens with zero attached hydrogens (tertiary/aromatic N) is 7. The second kappa shape index (κ2) is 12.2. The number of halogens is 5. The summed E-state index contributed by atoms with van der Waals surface area (Å²) in [6.45, 7) is 3.40. The monoisotopic (exact) mass is 684 g/mol. The molecule has 0 aliphatic carbocycles. The molecule has 0 radical (unpaired) electrons. The van der Waals surface area contributed by atoms with E-state index in [1.807, 2.05) is 12.1 Å². The number of pyridine rings is 2. The van der Waals surface area contributed by atoms with Crippen LogP contribution in [0.2, 0.25) is 0 Å². The van der Waals surface area contributed by atoms with Gasteiger partial charge in [0.05, 0.1) is 36.4 Å². The van der Waals surface area contributed by atoms with Crippen molar-refractivity contribution in [1.29, 1.82) is 0 Å². The molecule has 1 N–H and O–H groups in total. The van der Waals surface area contributed by atoms with Crippen LogP contribution in [0.15, 0.2) is 48.7 Å². The van der Waals surface area contributed by atoms with Gasteiger partial charge in [0.25, 0.3) is 0 Å². The molecule has 0 unspecified atom stereocenters. The molecule has 2 fully saturated rings. The van der Waals surface area contributed by atoms with Gasteiger partial charge in [-0.1, -0.05) is 18.2 Å². The van der Waals surface area contributed by atoms with Crippen molar-refractivity contribution in [2.45, 2.75) is 63.5 Å². The van der Waals surface area contributed by atoms with Gasteiger partial charge in [-0.15, -0.1) is 19.0 Å². The van der Waals surface area contributed by atoms with Gasteiger partial charge >= 0.3 is 12.5 Å². The SMILES string of the molecule is FC1(F)Oc2cccc(COc3cccc(C4CCN(Cc5nc6cc(-c7nnc(C(F)(F)F)[nH]7)ncc6n5C[C@@H]5CCO5)CC4)n3)c2O1. The second-order valence-corrected chi connectivity index (χ2v) is 12.2. The molecule has 3 aliphatic heterocycles. The van der Waals surface area contributed by atoms with Gasteiger partial charge < -0.3 is 28.5 Å². The number of alkyl halides is 5. The third-order valence-electron chi connectivity index (χ3n) is 8.89. The zero-order chi connectivity index (χ0) is 33.8. The summed E-state index contributed by atoms with van der Waals surface area (Å²) in [5, 5.41) is 6.84. The summed E-state index contributed by atoms with van der Waals surface area (Å²) in [7, 11) is 0. The number of hydrogen-bond acceptors (Lipinski definition) is 10. The molecule has 7 heterocycles. The normalized spacial score (nSPS) is 19.3. The Morgan fingerprint density at radius 3 is 2.57 bits per heavy atom. The highest BCUT2D eigenvalue weighted by molar-refractivity contribution is 5.78. The number of likely N-dealkylation sites (tertiary alicyclic amines) is 1. The van der Waals surface area contributed by atoms with Crippen molar-refractivity contribution in [3.05, 3.63) is 71.6 Å². The van der Waals surface area contributed by atoms with Gasteiger partial charge in [-0.3, -0.25) is 9.88 Å². The van der Waals surface area contributed by atoms with E-state index in [1.54, 1.807) is 30.5 Å². The Balaban J connectivity index is 0.936. The Morgan fingerprint density at radius 1 is 1.00 bits per heavy atom. The largest absolute Gasteiger partial charge is 0.586 e. The molecule has 256 valence electrons. The minimum atomic E-state index is -4.65. The third-order valence-corrected chi connectivity index (χ3v) is 8.89. The van der Waals surface area contributed by atoms with Gasteiger partial charge in [0, 0.05) is 29.8 Å². The van der Waals surface area contributed by atoms with E-state index < -0.39 is 18.3 Å². The van der Waals surface area contributed by atoms with Crippen molar-refractivity contribution in [2.24, 2.45) is 0 Å². The maximum absolute atomic E-state index is 13.6. The Kier molecular flexibility index (Phi) is 7.82. The molecule has 49 heavy (non-hydrogen) atoms. The lowest BCUT2D eigenvalue weighted by atomic mass is 9.93. The molecule has 4 aromatic heterocycles. The first-order valence-corrected chi connectivity index (χ1v) is 15.7. The molecule has 8 rings (SSSR count). The number of hydrogen-bond donors (Lipinski definition) is 1. The van der Waals surface area contributed by atoms with Gasteiger partial charge in [-0.05, 0) is 50.6 Å². The van der Waals surface area contributed by atoms with Crippen LogP contribution in [0.3, 0.4) is 0 Å². The van der Waals surface area contributed by atoms with Crippen LogP contribution in [0.25, 0.3) is 22.6 Å². The van der Waals surface area contributed by atoms with Gasteiger partial charge in [0.15, 0.2) is 17.3 Å². The summed E-state index contributed by atoms with van der Waals surface area (Å²) in [5.41, 5.74) is 2.87. The number of fused-ring (bicyclic) bond motifs is 2. The van der Waals surface area contributed by atoms with Crippen molar-refractivity contribution in [3.8, 4) is 28.9 Å². The first kappa shape index (κ1) is 31.4. The van der Waals surface area contributed by atoms with Gasteiger partial charge in [0.2, 0.25) is 11.7 Å². The van der Waals surface area contributed by atoms with E-state index in [0.29, 0.717) is 36.7 Å². The van der Waals surface area contributed by atoms with Crippen LogP contribution in [-0.2, 0) is 30.6 Å². The van der Waals surface area contributed by atoms with Gasteiger partial charge in [-0.25, -0.2) is 9.97 Å². The number of nitrogens with one attached hydrogen (secondary N) is 1. The number of H-pyrrole nitrogens is 1. The second-order valence-electron chi connectivity index (χ2n) is 12.2. The van der Waals surface area contributed by atoms with Crippen LogP contribution in [0.1, 0.15) is 48.1 Å². The topological polar surface area (TPSA) is 125 Å². The molecular formula is C32H29F5N8O4. The standard InChI is InChI=1S/C32H29F5N8O4/c33-31(34,35)30-41-29(42-43-30)23-13-22-24(14-38-23)45(15-20-9-12-46-20)26(39-22)16-44-10-7-18(8-11-44)21-4-2-6-27(40-21)47-17-19-3-1-5-25-28(19)49-32(36,37)48-25/h1-6,13-14,18,20H,7-12,15-17H2,(H,41,42,43)/t20-/m0/s1. The van der Waals surface area contributed by atoms with Crippen LogP contribution in [0, 0.1) is 0 Å². The molecule has 0 amide bonds. The summed E-state index contributed by atoms with van der Waals surface area (Å²) in [5.74, 6) is 0.0139. The number of imidazole rings is 1. The van der Waals surface area contributed by atoms with Crippen LogP contribution in [0.4, 0.5) is 22.0 Å². The molecule has 5 aromatic rings. The average molecular weight is 685 g/mol. The zero-order valence-electron chi connectivity index (χ0n) is 25.8. The zero-order valence-corrected chi connectivity index (χ0v) is 25.8. The van der Waals surface area contributed by atoms with E-state index >= 15 is 0 Å². The minimum absolute atomic E-state index is 0.0194. The fourth-order valence-electron chi connectivity index (χ4n) is 6.28. The first-order valence-electron chi connectivity index (χ1n) is 15.7. The maximum Gasteiger partial charge on any atom is 0.586 e. The van der Waals surface area contributed by atoms with E-state index in [4.69, 9.17) is 19.4 Å². The van der Waals surface area contributed by atoms with E-state index in [9.17, 15) is 22.0 Å². The quantitative estimate of drug-likeness (QED) is 0.193. The van der Waals surface area contributed by atoms with Crippen molar-refractivity contribution < 1.29 is 40.9 Å². The van der Waals surface area contributed by atoms with Gasteiger partial charge in [-0.2, -0.15) is 13.2 Å². The molecule has 3 aliphatic rings. The number of benzene rings is 1. The van der Waals surface area contributed by atoms with Crippen molar-refractivity contribution in [2.75, 3.05) is 19.7 Å². The number of aromatic amines is 1. The Hall–Kier alpha value is -4.90. The Morgan fingerprint density at radius 2 is 1.82 bits per heavy atom. The van der Waals surface area contributed by atoms with E-state index in [-0.39, 0.29) is 41.6 Å². The van der Waals surface area contributed by atoms with Crippen molar-refractivity contribution >= 4 is 11.0 Å². The summed E-state index contributed by atoms with van der Waals surface area (Å²) in [6.07, 6.45) is -4.10. The lowest BCUT2D eigenvalue weighted by Crippen LogP contribution is -2.35. The van der Waals surface area contributed by atoms with E-state index in [0.717, 1.165) is 49.4 Å². The van der Waals surface area contributed by atoms with Crippen LogP contribution >= 0.6 is 0 Å². The lowest BCUT2D eigenvalue weighted by Gasteiger charge is -2.32. The first-order chi connectivity index (χ1) is 23.6. The Bertz CT molecular complexity index is 1990. The van der Waals surface area contributed by atoms with Crippen LogP contribution < -0.4 is 14.2 Å². The molecule has 17 heteroatoms. The Labute approximate surface area is 275 Å². The highest BCUT2D eigenvalue weighted by Gasteiger charge is 2.44. The van der Waals surface area contributed by atoms with E-state index in [1.165, 1.54) is 6.07 Å². The maximum atomic E-state index is 13.6. The molecule has 0 saturated carbocycles. The predicted octanol–water partition coefficient (Wildman–Crippen LogP) is 5.70. The predicted molar refractivity (Wildman–Crippen MR) is 161 cm³/mol. The molecule has 0 spiro atoms. The number of aromatic nitrogens is 7. The summed E-state index contributed by atoms with van der Waals surface area (Å²) < 4.78 is 89.2. The molecule has 2 saturated heterocycles. The minimum Gasteiger partial charge on any atom is -0.473 e. The summed E-state index contributed by atoms with van der Waals surface area (Å²) in [4.78, 5) is 18.5. The van der Waals surface area contributed by atoms with Crippen LogP contribution in [0.5, 0.6) is 17.4 Å². The highest BCUT2D eigenvalue weighted by atomic mass is 19.4. The number of rotatable bonds is 9. The molecule has 0 bridgehead atoms. The van der Waals surface area contributed by atoms with E-state index in [2.05, 4.69) is 39.1 Å².